The maximum Gasteiger partial charge on any atom is 0.272 e. The Labute approximate surface area is 287 Å². The number of carbonyl (C=O) groups excluding carboxylic acids is 4. The second kappa shape index (κ2) is 16.2. The van der Waals surface area contributed by atoms with Crippen LogP contribution in [0.5, 0.6) is 17.2 Å². The third-order valence-electron chi connectivity index (χ3n) is 7.09. The summed E-state index contributed by atoms with van der Waals surface area (Å²) in [6.07, 6.45) is 1.47. The number of hydrogen-bond acceptors (Lipinski definition) is 9. The molecule has 1 aliphatic heterocycles. The molecular formula is C36H33N5O7S. The van der Waals surface area contributed by atoms with Gasteiger partial charge in [0.1, 0.15) is 17.3 Å². The SMILES string of the molecule is COc1cc(OC)c(OC)cc1/C=C(/NC(=O)c1ccccc1)C(=O)Nc1cccc(SCC(=O)NC2=NN(c3ccccc3)C(=O)C2)c1. The number of amides is 4. The van der Waals surface area contributed by atoms with E-state index in [0.29, 0.717) is 44.6 Å². The van der Waals surface area contributed by atoms with Gasteiger partial charge >= 0.3 is 0 Å². The van der Waals surface area contributed by atoms with E-state index in [1.54, 1.807) is 91.0 Å². The highest BCUT2D eigenvalue weighted by atomic mass is 32.2. The van der Waals surface area contributed by atoms with Crippen LogP contribution in [-0.2, 0) is 14.4 Å². The van der Waals surface area contributed by atoms with Crippen molar-refractivity contribution in [3.8, 4) is 17.2 Å². The van der Waals surface area contributed by atoms with Gasteiger partial charge in [0.2, 0.25) is 5.91 Å². The Balaban J connectivity index is 1.29. The van der Waals surface area contributed by atoms with Crippen molar-refractivity contribution in [2.75, 3.05) is 37.4 Å². The fourth-order valence-electron chi connectivity index (χ4n) is 4.74. The van der Waals surface area contributed by atoms with Crippen LogP contribution in [0.3, 0.4) is 0 Å². The molecule has 0 saturated heterocycles. The minimum atomic E-state index is -0.604. The van der Waals surface area contributed by atoms with E-state index in [2.05, 4.69) is 21.1 Å². The number of amidine groups is 1. The van der Waals surface area contributed by atoms with Crippen LogP contribution < -0.4 is 35.2 Å². The van der Waals surface area contributed by atoms with Crippen LogP contribution in [0, 0.1) is 0 Å². The molecule has 0 fully saturated rings. The number of hydrazone groups is 1. The Bertz CT molecular complexity index is 1920. The number of ether oxygens (including phenoxy) is 3. The lowest BCUT2D eigenvalue weighted by Gasteiger charge is -2.15. The van der Waals surface area contributed by atoms with E-state index in [9.17, 15) is 19.2 Å². The lowest BCUT2D eigenvalue weighted by Crippen LogP contribution is -2.31. The summed E-state index contributed by atoms with van der Waals surface area (Å²) in [4.78, 5) is 52.7. The summed E-state index contributed by atoms with van der Waals surface area (Å²) >= 11 is 1.24. The second-order valence-corrected chi connectivity index (χ2v) is 11.5. The molecule has 4 aromatic rings. The van der Waals surface area contributed by atoms with Crippen molar-refractivity contribution in [1.82, 2.24) is 10.6 Å². The predicted molar refractivity (Wildman–Crippen MR) is 188 cm³/mol. The molecule has 13 heteroatoms. The Hall–Kier alpha value is -6.08. The number of benzene rings is 4. The molecule has 0 atom stereocenters. The van der Waals surface area contributed by atoms with Crippen molar-refractivity contribution >= 4 is 58.7 Å². The molecule has 0 unspecified atom stereocenters. The van der Waals surface area contributed by atoms with Gasteiger partial charge in [0.15, 0.2) is 11.5 Å². The summed E-state index contributed by atoms with van der Waals surface area (Å²) in [5, 5.41) is 13.8. The maximum absolute atomic E-state index is 13.7. The molecule has 250 valence electrons. The number of para-hydroxylation sites is 1. The summed E-state index contributed by atoms with van der Waals surface area (Å²) in [6, 6.07) is 27.6. The van der Waals surface area contributed by atoms with Crippen LogP contribution in [0.4, 0.5) is 11.4 Å². The van der Waals surface area contributed by atoms with Gasteiger partial charge in [-0.05, 0) is 54.6 Å². The summed E-state index contributed by atoms with van der Waals surface area (Å²) < 4.78 is 16.3. The summed E-state index contributed by atoms with van der Waals surface area (Å²) in [7, 11) is 4.46. The first-order chi connectivity index (χ1) is 23.8. The predicted octanol–water partition coefficient (Wildman–Crippen LogP) is 5.08. The van der Waals surface area contributed by atoms with Gasteiger partial charge in [0.05, 0.1) is 39.2 Å². The summed E-state index contributed by atoms with van der Waals surface area (Å²) in [5.74, 6) is -0.153. The van der Waals surface area contributed by atoms with Crippen molar-refractivity contribution in [3.05, 3.63) is 114 Å². The van der Waals surface area contributed by atoms with E-state index in [1.165, 1.54) is 44.2 Å². The van der Waals surface area contributed by atoms with E-state index < -0.39 is 11.8 Å². The van der Waals surface area contributed by atoms with Crippen LogP contribution in [0.2, 0.25) is 0 Å². The molecule has 3 N–H and O–H groups in total. The number of nitrogens with zero attached hydrogens (tertiary/aromatic N) is 2. The zero-order valence-corrected chi connectivity index (χ0v) is 27.7. The highest BCUT2D eigenvalue weighted by Crippen LogP contribution is 2.35. The summed E-state index contributed by atoms with van der Waals surface area (Å²) in [5.41, 5.74) is 1.80. The molecule has 4 amide bonds. The first-order valence-corrected chi connectivity index (χ1v) is 15.9. The molecular weight excluding hydrogens is 646 g/mol. The van der Waals surface area contributed by atoms with Crippen LogP contribution in [0.25, 0.3) is 6.08 Å². The maximum atomic E-state index is 13.7. The Morgan fingerprint density at radius 1 is 0.816 bits per heavy atom. The van der Waals surface area contributed by atoms with E-state index >= 15 is 0 Å². The Kier molecular flexibility index (Phi) is 11.3. The van der Waals surface area contributed by atoms with Gasteiger partial charge in [-0.1, -0.05) is 42.5 Å². The molecule has 0 spiro atoms. The fraction of sp³-hybridized carbons (Fsp3) is 0.139. The van der Waals surface area contributed by atoms with E-state index in [1.807, 2.05) is 6.07 Å². The van der Waals surface area contributed by atoms with Gasteiger partial charge < -0.3 is 30.2 Å². The fourth-order valence-corrected chi connectivity index (χ4v) is 5.50. The zero-order chi connectivity index (χ0) is 34.8. The highest BCUT2D eigenvalue weighted by molar-refractivity contribution is 8.00. The van der Waals surface area contributed by atoms with Gasteiger partial charge in [-0.25, -0.2) is 0 Å². The molecule has 0 bridgehead atoms. The van der Waals surface area contributed by atoms with Gasteiger partial charge in [0, 0.05) is 27.8 Å². The van der Waals surface area contributed by atoms with Crippen LogP contribution in [0.1, 0.15) is 22.3 Å². The number of hydrogen-bond donors (Lipinski definition) is 3. The highest BCUT2D eigenvalue weighted by Gasteiger charge is 2.26. The molecule has 0 radical (unpaired) electrons. The molecule has 1 heterocycles. The smallest absolute Gasteiger partial charge is 0.272 e. The monoisotopic (exact) mass is 679 g/mol. The topological polar surface area (TPSA) is 148 Å². The number of nitrogens with one attached hydrogen (secondary N) is 3. The van der Waals surface area contributed by atoms with Crippen LogP contribution in [-0.4, -0.2) is 56.5 Å². The molecule has 49 heavy (non-hydrogen) atoms. The minimum Gasteiger partial charge on any atom is -0.496 e. The molecule has 0 aromatic heterocycles. The van der Waals surface area contributed by atoms with Crippen molar-refractivity contribution in [1.29, 1.82) is 0 Å². The molecule has 5 rings (SSSR count). The van der Waals surface area contributed by atoms with Gasteiger partial charge in [0.25, 0.3) is 17.7 Å². The Morgan fingerprint density at radius 3 is 2.18 bits per heavy atom. The number of rotatable bonds is 12. The first-order valence-electron chi connectivity index (χ1n) is 15.0. The molecule has 0 saturated carbocycles. The molecule has 0 aliphatic carbocycles. The standard InChI is InChI=1S/C36H33N5O7S/c1-46-29-20-31(48-3)30(47-2)18-24(29)17-28(38-35(44)23-11-6-4-7-12-23)36(45)37-25-13-10-16-27(19-25)49-22-33(42)39-32-21-34(43)41(40-32)26-14-8-5-9-15-26/h4-20H,21-22H2,1-3H3,(H,37,45)(H,38,44)(H,39,40,42)/b28-17+. The van der Waals surface area contributed by atoms with Crippen LogP contribution in [0.15, 0.2) is 113 Å². The third kappa shape index (κ3) is 8.84. The van der Waals surface area contributed by atoms with E-state index in [0.717, 1.165) is 0 Å². The van der Waals surface area contributed by atoms with Gasteiger partial charge in [-0.2, -0.15) is 10.1 Å². The average molecular weight is 680 g/mol. The van der Waals surface area contributed by atoms with Gasteiger partial charge in [-0.3, -0.25) is 19.2 Å². The molecule has 4 aromatic carbocycles. The molecule has 12 nitrogen and oxygen atoms in total. The normalized spacial score (nSPS) is 12.6. The first kappa shape index (κ1) is 34.3. The lowest BCUT2D eigenvalue weighted by atomic mass is 10.1. The lowest BCUT2D eigenvalue weighted by molar-refractivity contribution is -0.117. The number of methoxy groups -OCH3 is 3. The van der Waals surface area contributed by atoms with E-state index in [-0.39, 0.29) is 35.5 Å². The van der Waals surface area contributed by atoms with Crippen molar-refractivity contribution in [3.63, 3.8) is 0 Å². The number of thioether (sulfide) groups is 1. The van der Waals surface area contributed by atoms with Gasteiger partial charge in [-0.15, -0.1) is 11.8 Å². The van der Waals surface area contributed by atoms with Crippen molar-refractivity contribution in [2.24, 2.45) is 5.10 Å². The van der Waals surface area contributed by atoms with Crippen molar-refractivity contribution in [2.45, 2.75) is 11.3 Å². The largest absolute Gasteiger partial charge is 0.496 e. The number of anilines is 2. The average Bonchev–Trinajstić information content (AvgIpc) is 3.50. The summed E-state index contributed by atoms with van der Waals surface area (Å²) in [6.45, 7) is 0. The minimum absolute atomic E-state index is 0.0152. The van der Waals surface area contributed by atoms with Crippen LogP contribution >= 0.6 is 11.8 Å². The number of carbonyl (C=O) groups is 4. The van der Waals surface area contributed by atoms with Crippen molar-refractivity contribution < 1.29 is 33.4 Å². The Morgan fingerprint density at radius 2 is 1.49 bits per heavy atom. The quantitative estimate of drug-likeness (QED) is 0.139. The zero-order valence-electron chi connectivity index (χ0n) is 26.9. The van der Waals surface area contributed by atoms with E-state index in [4.69, 9.17) is 14.2 Å². The molecule has 1 aliphatic rings. The third-order valence-corrected chi connectivity index (χ3v) is 8.08. The second-order valence-electron chi connectivity index (χ2n) is 10.4.